The van der Waals surface area contributed by atoms with Crippen LogP contribution in [-0.4, -0.2) is 6.04 Å². The summed E-state index contributed by atoms with van der Waals surface area (Å²) in [5, 5.41) is 8.93. The molecule has 0 aliphatic heterocycles. The van der Waals surface area contributed by atoms with Gasteiger partial charge in [-0.3, -0.25) is 0 Å². The van der Waals surface area contributed by atoms with E-state index in [1.165, 1.54) is 12.1 Å². The van der Waals surface area contributed by atoms with Gasteiger partial charge in [0.15, 0.2) is 0 Å². The van der Waals surface area contributed by atoms with E-state index in [-0.39, 0.29) is 11.9 Å². The Morgan fingerprint density at radius 2 is 2.00 bits per heavy atom. The molecule has 0 aliphatic rings. The highest BCUT2D eigenvalue weighted by atomic mass is 19.1. The highest BCUT2D eigenvalue weighted by Gasteiger charge is 2.21. The number of nitrogens with two attached hydrogens (primary N) is 1. The molecule has 4 heteroatoms. The number of hydrogen-bond donors (Lipinski definition) is 1. The quantitative estimate of drug-likeness (QED) is 0.913. The molecule has 108 valence electrons. The molecule has 0 heterocycles. The van der Waals surface area contributed by atoms with E-state index in [1.54, 1.807) is 36.4 Å². The van der Waals surface area contributed by atoms with Crippen LogP contribution < -0.4 is 10.5 Å². The van der Waals surface area contributed by atoms with Crippen molar-refractivity contribution in [3.8, 4) is 11.8 Å². The largest absolute Gasteiger partial charge is 0.484 e. The van der Waals surface area contributed by atoms with E-state index in [4.69, 9.17) is 15.7 Å². The molecule has 0 amide bonds. The van der Waals surface area contributed by atoms with E-state index in [2.05, 4.69) is 6.07 Å². The second-order valence-corrected chi connectivity index (χ2v) is 4.81. The molecule has 2 atom stereocenters. The van der Waals surface area contributed by atoms with Gasteiger partial charge in [-0.05, 0) is 42.3 Å². The number of rotatable bonds is 5. The van der Waals surface area contributed by atoms with E-state index in [1.807, 2.05) is 6.92 Å². The molecule has 0 aromatic heterocycles. The normalized spacial score (nSPS) is 13.2. The summed E-state index contributed by atoms with van der Waals surface area (Å²) in [5.41, 5.74) is 7.30. The summed E-state index contributed by atoms with van der Waals surface area (Å²) in [5.74, 6) is 0.224. The average Bonchev–Trinajstić information content (AvgIpc) is 2.52. The third kappa shape index (κ3) is 3.80. The molecule has 2 unspecified atom stereocenters. The molecule has 2 aromatic rings. The molecule has 0 radical (unpaired) electrons. The van der Waals surface area contributed by atoms with Crippen molar-refractivity contribution < 1.29 is 9.13 Å². The maximum Gasteiger partial charge on any atom is 0.139 e. The van der Waals surface area contributed by atoms with Gasteiger partial charge in [0.05, 0.1) is 11.6 Å². The van der Waals surface area contributed by atoms with Gasteiger partial charge in [0.2, 0.25) is 0 Å². The van der Waals surface area contributed by atoms with Crippen LogP contribution in [-0.2, 0) is 0 Å². The summed E-state index contributed by atoms with van der Waals surface area (Å²) >= 11 is 0. The predicted octanol–water partition coefficient (Wildman–Crippen LogP) is 3.55. The summed E-state index contributed by atoms with van der Waals surface area (Å²) in [4.78, 5) is 0. The Balaban J connectivity index is 2.31. The van der Waals surface area contributed by atoms with Crippen LogP contribution in [0.2, 0.25) is 0 Å². The maximum atomic E-state index is 13.4. The van der Waals surface area contributed by atoms with Crippen molar-refractivity contribution in [1.82, 2.24) is 0 Å². The Morgan fingerprint density at radius 3 is 2.67 bits per heavy atom. The van der Waals surface area contributed by atoms with E-state index < -0.39 is 6.10 Å². The number of hydrogen-bond acceptors (Lipinski definition) is 3. The zero-order valence-corrected chi connectivity index (χ0v) is 11.8. The molecule has 2 rings (SSSR count). The Labute approximate surface area is 123 Å². The lowest BCUT2D eigenvalue weighted by molar-refractivity contribution is 0.170. The topological polar surface area (TPSA) is 59.0 Å². The molecular formula is C17H17FN2O. The molecule has 0 fully saturated rings. The van der Waals surface area contributed by atoms with Gasteiger partial charge in [0, 0.05) is 6.04 Å². The Hall–Kier alpha value is -2.38. The molecule has 0 spiro atoms. The Kier molecular flexibility index (Phi) is 4.91. The van der Waals surface area contributed by atoms with Crippen LogP contribution in [0.5, 0.6) is 5.75 Å². The van der Waals surface area contributed by atoms with E-state index in [9.17, 15) is 4.39 Å². The van der Waals surface area contributed by atoms with Crippen molar-refractivity contribution in [2.45, 2.75) is 25.5 Å². The predicted molar refractivity (Wildman–Crippen MR) is 79.2 cm³/mol. The molecule has 0 saturated heterocycles. The van der Waals surface area contributed by atoms with Gasteiger partial charge in [-0.15, -0.1) is 0 Å². The molecule has 2 aromatic carbocycles. The standard InChI is InChI=1S/C17H17FN2O/c1-2-16(20)17(13-6-4-7-14(18)10-13)21-15-8-3-5-12(9-15)11-19/h3-10,16-17H,2,20H2,1H3. The lowest BCUT2D eigenvalue weighted by atomic mass is 10.0. The molecule has 21 heavy (non-hydrogen) atoms. The number of benzene rings is 2. The van der Waals surface area contributed by atoms with Crippen LogP contribution in [0.25, 0.3) is 0 Å². The molecule has 0 aliphatic carbocycles. The summed E-state index contributed by atoms with van der Waals surface area (Å²) in [6, 6.07) is 14.9. The van der Waals surface area contributed by atoms with Crippen molar-refractivity contribution in [2.75, 3.05) is 0 Å². The number of ether oxygens (including phenoxy) is 1. The van der Waals surface area contributed by atoms with Crippen molar-refractivity contribution in [1.29, 1.82) is 5.26 Å². The smallest absolute Gasteiger partial charge is 0.139 e. The highest BCUT2D eigenvalue weighted by molar-refractivity contribution is 5.36. The van der Waals surface area contributed by atoms with Gasteiger partial charge in [-0.25, -0.2) is 4.39 Å². The first kappa shape index (κ1) is 15.0. The zero-order chi connectivity index (χ0) is 15.2. The lowest BCUT2D eigenvalue weighted by Gasteiger charge is -2.25. The van der Waals surface area contributed by atoms with Crippen molar-refractivity contribution in [2.24, 2.45) is 5.73 Å². The minimum Gasteiger partial charge on any atom is -0.484 e. The summed E-state index contributed by atoms with van der Waals surface area (Å²) in [6.07, 6.45) is 0.235. The van der Waals surface area contributed by atoms with E-state index >= 15 is 0 Å². The zero-order valence-electron chi connectivity index (χ0n) is 11.8. The third-order valence-corrected chi connectivity index (χ3v) is 3.26. The minimum atomic E-state index is -0.459. The first-order valence-corrected chi connectivity index (χ1v) is 6.82. The van der Waals surface area contributed by atoms with Crippen LogP contribution >= 0.6 is 0 Å². The molecule has 2 N–H and O–H groups in total. The lowest BCUT2D eigenvalue weighted by Crippen LogP contribution is -2.31. The third-order valence-electron chi connectivity index (χ3n) is 3.26. The Morgan fingerprint density at radius 1 is 1.24 bits per heavy atom. The molecule has 3 nitrogen and oxygen atoms in total. The van der Waals surface area contributed by atoms with Gasteiger partial charge in [-0.1, -0.05) is 25.1 Å². The van der Waals surface area contributed by atoms with Crippen LogP contribution in [0.15, 0.2) is 48.5 Å². The number of nitriles is 1. The highest BCUT2D eigenvalue weighted by Crippen LogP contribution is 2.26. The van der Waals surface area contributed by atoms with Crippen molar-refractivity contribution in [3.63, 3.8) is 0 Å². The van der Waals surface area contributed by atoms with Crippen molar-refractivity contribution in [3.05, 3.63) is 65.5 Å². The molecule has 0 bridgehead atoms. The minimum absolute atomic E-state index is 0.266. The first-order chi connectivity index (χ1) is 10.1. The van der Waals surface area contributed by atoms with E-state index in [0.717, 1.165) is 0 Å². The fourth-order valence-electron chi connectivity index (χ4n) is 2.09. The fourth-order valence-corrected chi connectivity index (χ4v) is 2.09. The number of halogens is 1. The van der Waals surface area contributed by atoms with Crippen LogP contribution in [0, 0.1) is 17.1 Å². The van der Waals surface area contributed by atoms with E-state index in [0.29, 0.717) is 23.3 Å². The fraction of sp³-hybridized carbons (Fsp3) is 0.235. The van der Waals surface area contributed by atoms with Gasteiger partial charge < -0.3 is 10.5 Å². The van der Waals surface area contributed by atoms with Gasteiger partial charge in [0.25, 0.3) is 0 Å². The van der Waals surface area contributed by atoms with Crippen LogP contribution in [0.4, 0.5) is 4.39 Å². The second kappa shape index (κ2) is 6.87. The first-order valence-electron chi connectivity index (χ1n) is 6.82. The number of nitrogens with zero attached hydrogens (tertiary/aromatic N) is 1. The SMILES string of the molecule is CCC(N)C(Oc1cccc(C#N)c1)c1cccc(F)c1. The summed E-state index contributed by atoms with van der Waals surface area (Å²) < 4.78 is 19.3. The van der Waals surface area contributed by atoms with Crippen molar-refractivity contribution >= 4 is 0 Å². The van der Waals surface area contributed by atoms with Gasteiger partial charge in [-0.2, -0.15) is 5.26 Å². The Bertz CT molecular complexity index is 651. The van der Waals surface area contributed by atoms with Gasteiger partial charge >= 0.3 is 0 Å². The second-order valence-electron chi connectivity index (χ2n) is 4.81. The average molecular weight is 284 g/mol. The summed E-state index contributed by atoms with van der Waals surface area (Å²) in [7, 11) is 0. The maximum absolute atomic E-state index is 13.4. The molecule has 0 saturated carbocycles. The summed E-state index contributed by atoms with van der Waals surface area (Å²) in [6.45, 7) is 1.95. The van der Waals surface area contributed by atoms with Gasteiger partial charge in [0.1, 0.15) is 17.7 Å². The molecular weight excluding hydrogens is 267 g/mol. The van der Waals surface area contributed by atoms with Crippen LogP contribution in [0.3, 0.4) is 0 Å². The van der Waals surface area contributed by atoms with Crippen LogP contribution in [0.1, 0.15) is 30.6 Å². The monoisotopic (exact) mass is 284 g/mol.